The fourth-order valence-corrected chi connectivity index (χ4v) is 2.06. The van der Waals surface area contributed by atoms with E-state index in [0.717, 1.165) is 42.0 Å². The second-order valence-electron chi connectivity index (χ2n) is 4.65. The molecule has 5 heteroatoms. The lowest BCUT2D eigenvalue weighted by atomic mass is 10.2. The molecule has 2 N–H and O–H groups in total. The standard InChI is InChI=1S/C14H22N4O/c1-4-19-11-5-6-13-12(9-11)14(17-16-13)10-18(3)8-7-15-2/h5-6,9,15H,4,7-8,10H2,1-3H3,(H,16,17). The zero-order valence-electron chi connectivity index (χ0n) is 11.9. The summed E-state index contributed by atoms with van der Waals surface area (Å²) >= 11 is 0. The van der Waals surface area contributed by atoms with Crippen LogP contribution in [0.25, 0.3) is 10.9 Å². The van der Waals surface area contributed by atoms with E-state index in [2.05, 4.69) is 33.5 Å². The molecule has 0 amide bonds. The average Bonchev–Trinajstić information content (AvgIpc) is 2.80. The van der Waals surface area contributed by atoms with Gasteiger partial charge in [0.2, 0.25) is 0 Å². The van der Waals surface area contributed by atoms with E-state index in [1.165, 1.54) is 0 Å². The van der Waals surface area contributed by atoms with Crippen LogP contribution in [0.5, 0.6) is 5.75 Å². The molecule has 104 valence electrons. The molecule has 0 unspecified atom stereocenters. The molecule has 0 saturated heterocycles. The third-order valence-electron chi connectivity index (χ3n) is 3.09. The first-order valence-corrected chi connectivity index (χ1v) is 6.67. The highest BCUT2D eigenvalue weighted by molar-refractivity contribution is 5.82. The quantitative estimate of drug-likeness (QED) is 0.796. The van der Waals surface area contributed by atoms with Crippen molar-refractivity contribution >= 4 is 10.9 Å². The van der Waals surface area contributed by atoms with Gasteiger partial charge in [-0.15, -0.1) is 0 Å². The first-order chi connectivity index (χ1) is 9.24. The maximum Gasteiger partial charge on any atom is 0.120 e. The highest BCUT2D eigenvalue weighted by atomic mass is 16.5. The van der Waals surface area contributed by atoms with Gasteiger partial charge in [-0.25, -0.2) is 0 Å². The van der Waals surface area contributed by atoms with Crippen molar-refractivity contribution in [1.82, 2.24) is 20.4 Å². The van der Waals surface area contributed by atoms with Crippen LogP contribution in [0.2, 0.25) is 0 Å². The lowest BCUT2D eigenvalue weighted by Crippen LogP contribution is -2.27. The van der Waals surface area contributed by atoms with E-state index in [9.17, 15) is 0 Å². The molecule has 0 fully saturated rings. The molecule has 1 aromatic heterocycles. The van der Waals surface area contributed by atoms with Crippen LogP contribution in [0.3, 0.4) is 0 Å². The van der Waals surface area contributed by atoms with Crippen molar-refractivity contribution < 1.29 is 4.74 Å². The highest BCUT2D eigenvalue weighted by Gasteiger charge is 2.09. The minimum atomic E-state index is 0.681. The highest BCUT2D eigenvalue weighted by Crippen LogP contribution is 2.22. The second-order valence-corrected chi connectivity index (χ2v) is 4.65. The van der Waals surface area contributed by atoms with E-state index in [1.807, 2.05) is 26.1 Å². The molecule has 19 heavy (non-hydrogen) atoms. The van der Waals surface area contributed by atoms with Crippen molar-refractivity contribution in [2.45, 2.75) is 13.5 Å². The van der Waals surface area contributed by atoms with Gasteiger partial charge in [-0.2, -0.15) is 5.10 Å². The number of rotatable bonds is 7. The number of hydrogen-bond acceptors (Lipinski definition) is 4. The van der Waals surface area contributed by atoms with Gasteiger partial charge in [-0.1, -0.05) is 0 Å². The molecule has 1 aromatic carbocycles. The molecule has 0 spiro atoms. The summed E-state index contributed by atoms with van der Waals surface area (Å²) in [5.41, 5.74) is 2.12. The van der Waals surface area contributed by atoms with Crippen LogP contribution in [0.1, 0.15) is 12.6 Å². The summed E-state index contributed by atoms with van der Waals surface area (Å²) in [6.07, 6.45) is 0. The molecule has 0 aliphatic carbocycles. The van der Waals surface area contributed by atoms with Crippen LogP contribution >= 0.6 is 0 Å². The van der Waals surface area contributed by atoms with Crippen LogP contribution in [0.15, 0.2) is 18.2 Å². The van der Waals surface area contributed by atoms with Gasteiger partial charge in [0.05, 0.1) is 17.8 Å². The number of likely N-dealkylation sites (N-methyl/N-ethyl adjacent to an activating group) is 2. The van der Waals surface area contributed by atoms with Gasteiger partial charge >= 0.3 is 0 Å². The van der Waals surface area contributed by atoms with Gasteiger partial charge in [0, 0.05) is 25.0 Å². The molecular weight excluding hydrogens is 240 g/mol. The number of nitrogens with zero attached hydrogens (tertiary/aromatic N) is 2. The normalized spacial score (nSPS) is 11.4. The van der Waals surface area contributed by atoms with Crippen LogP contribution in [-0.4, -0.2) is 48.9 Å². The SMILES string of the molecule is CCOc1ccc2[nH]nc(CN(C)CCNC)c2c1. The molecule has 5 nitrogen and oxygen atoms in total. The van der Waals surface area contributed by atoms with Crippen molar-refractivity contribution in [3.8, 4) is 5.75 Å². The van der Waals surface area contributed by atoms with E-state index >= 15 is 0 Å². The maximum absolute atomic E-state index is 5.54. The number of ether oxygens (including phenoxy) is 1. The van der Waals surface area contributed by atoms with E-state index in [-0.39, 0.29) is 0 Å². The monoisotopic (exact) mass is 262 g/mol. The predicted molar refractivity (Wildman–Crippen MR) is 77.5 cm³/mol. The molecular formula is C14H22N4O. The fourth-order valence-electron chi connectivity index (χ4n) is 2.06. The Balaban J connectivity index is 2.15. The summed E-state index contributed by atoms with van der Waals surface area (Å²) in [5, 5.41) is 11.8. The molecule has 2 rings (SSSR count). The summed E-state index contributed by atoms with van der Waals surface area (Å²) in [4.78, 5) is 2.25. The van der Waals surface area contributed by atoms with Gasteiger partial charge in [-0.3, -0.25) is 10.00 Å². The van der Waals surface area contributed by atoms with E-state index in [1.54, 1.807) is 0 Å². The zero-order chi connectivity index (χ0) is 13.7. The summed E-state index contributed by atoms with van der Waals surface area (Å²) < 4.78 is 5.54. The van der Waals surface area contributed by atoms with Gasteiger partial charge in [-0.05, 0) is 39.2 Å². The molecule has 0 saturated carbocycles. The summed E-state index contributed by atoms with van der Waals surface area (Å²) in [6.45, 7) is 5.48. The molecule has 0 bridgehead atoms. The number of aromatic nitrogens is 2. The van der Waals surface area contributed by atoms with E-state index < -0.39 is 0 Å². The lowest BCUT2D eigenvalue weighted by Gasteiger charge is -2.14. The Labute approximate surface area is 113 Å². The number of nitrogens with one attached hydrogen (secondary N) is 2. The van der Waals surface area contributed by atoms with Gasteiger partial charge < -0.3 is 10.1 Å². The van der Waals surface area contributed by atoms with Crippen LogP contribution < -0.4 is 10.1 Å². The molecule has 0 atom stereocenters. The third-order valence-corrected chi connectivity index (χ3v) is 3.09. The van der Waals surface area contributed by atoms with Gasteiger partial charge in [0.25, 0.3) is 0 Å². The van der Waals surface area contributed by atoms with Crippen molar-refractivity contribution in [3.05, 3.63) is 23.9 Å². The third kappa shape index (κ3) is 3.45. The minimum absolute atomic E-state index is 0.681. The summed E-state index contributed by atoms with van der Waals surface area (Å²) in [5.74, 6) is 0.899. The van der Waals surface area contributed by atoms with Gasteiger partial charge in [0.15, 0.2) is 0 Å². The van der Waals surface area contributed by atoms with Crippen LogP contribution in [-0.2, 0) is 6.54 Å². The average molecular weight is 262 g/mol. The Kier molecular flexibility index (Phi) is 4.76. The fraction of sp³-hybridized carbons (Fsp3) is 0.500. The molecule has 0 aliphatic rings. The molecule has 2 aromatic rings. The number of fused-ring (bicyclic) bond motifs is 1. The summed E-state index contributed by atoms with van der Waals surface area (Å²) in [7, 11) is 4.07. The van der Waals surface area contributed by atoms with Crippen molar-refractivity contribution in [2.24, 2.45) is 0 Å². The largest absolute Gasteiger partial charge is 0.494 e. The lowest BCUT2D eigenvalue weighted by molar-refractivity contribution is 0.325. The number of H-pyrrole nitrogens is 1. The Bertz CT molecular complexity index is 523. The predicted octanol–water partition coefficient (Wildman–Crippen LogP) is 1.61. The summed E-state index contributed by atoms with van der Waals surface area (Å²) in [6, 6.07) is 6.05. The van der Waals surface area contributed by atoms with Crippen LogP contribution in [0, 0.1) is 0 Å². The molecule has 1 heterocycles. The van der Waals surface area contributed by atoms with Crippen LogP contribution in [0.4, 0.5) is 0 Å². The number of aromatic amines is 1. The van der Waals surface area contributed by atoms with E-state index in [4.69, 9.17) is 4.74 Å². The molecule has 0 radical (unpaired) electrons. The zero-order valence-corrected chi connectivity index (χ0v) is 11.9. The Morgan fingerprint density at radius 1 is 1.42 bits per heavy atom. The number of benzene rings is 1. The first-order valence-electron chi connectivity index (χ1n) is 6.67. The smallest absolute Gasteiger partial charge is 0.120 e. The van der Waals surface area contributed by atoms with E-state index in [0.29, 0.717) is 6.61 Å². The van der Waals surface area contributed by atoms with Crippen molar-refractivity contribution in [3.63, 3.8) is 0 Å². The number of hydrogen-bond donors (Lipinski definition) is 2. The minimum Gasteiger partial charge on any atom is -0.494 e. The van der Waals surface area contributed by atoms with Gasteiger partial charge in [0.1, 0.15) is 5.75 Å². The Hall–Kier alpha value is -1.59. The topological polar surface area (TPSA) is 53.2 Å². The maximum atomic E-state index is 5.54. The first kappa shape index (κ1) is 13.8. The van der Waals surface area contributed by atoms with Crippen molar-refractivity contribution in [2.75, 3.05) is 33.8 Å². The second kappa shape index (κ2) is 6.54. The van der Waals surface area contributed by atoms with Crippen molar-refractivity contribution in [1.29, 1.82) is 0 Å². The Morgan fingerprint density at radius 3 is 3.00 bits per heavy atom. The Morgan fingerprint density at radius 2 is 2.26 bits per heavy atom. The molecule has 0 aliphatic heterocycles.